The van der Waals surface area contributed by atoms with Crippen LogP contribution in [0.3, 0.4) is 0 Å². The third-order valence-corrected chi connectivity index (χ3v) is 8.31. The Hall–Kier alpha value is -3.30. The molecule has 3 aromatic carbocycles. The molecule has 0 aliphatic carbocycles. The van der Waals surface area contributed by atoms with Gasteiger partial charge in [-0.15, -0.1) is 0 Å². The van der Waals surface area contributed by atoms with E-state index in [9.17, 15) is 13.2 Å². The highest BCUT2D eigenvalue weighted by Gasteiger charge is 2.32. The topological polar surface area (TPSA) is 46.6 Å². The van der Waals surface area contributed by atoms with E-state index in [-0.39, 0.29) is 12.0 Å². The van der Waals surface area contributed by atoms with Gasteiger partial charge >= 0.3 is 6.18 Å². The number of hydrogen-bond donors (Lipinski definition) is 1. The van der Waals surface area contributed by atoms with Crippen LogP contribution in [0.4, 0.5) is 18.9 Å². The Morgan fingerprint density at radius 3 is 2.09 bits per heavy atom. The predicted molar refractivity (Wildman–Crippen MR) is 172 cm³/mol. The molecule has 44 heavy (non-hydrogen) atoms. The van der Waals surface area contributed by atoms with Crippen LogP contribution in [0.15, 0.2) is 72.8 Å². The summed E-state index contributed by atoms with van der Waals surface area (Å²) < 4.78 is 49.8. The molecule has 0 bridgehead atoms. The van der Waals surface area contributed by atoms with Crippen molar-refractivity contribution in [3.8, 4) is 5.88 Å². The number of hydrogen-bond acceptors (Lipinski definition) is 5. The van der Waals surface area contributed by atoms with Crippen molar-refractivity contribution in [3.05, 3.63) is 105 Å². The van der Waals surface area contributed by atoms with Gasteiger partial charge in [-0.2, -0.15) is 13.2 Å². The summed E-state index contributed by atoms with van der Waals surface area (Å²) in [6, 6.07) is 21.7. The van der Waals surface area contributed by atoms with Crippen molar-refractivity contribution in [2.45, 2.75) is 31.0 Å². The van der Waals surface area contributed by atoms with Gasteiger partial charge in [-0.1, -0.05) is 59.6 Å². The minimum absolute atomic E-state index is 0.00532. The van der Waals surface area contributed by atoms with Crippen molar-refractivity contribution < 1.29 is 22.6 Å². The lowest BCUT2D eigenvalue weighted by Gasteiger charge is -2.33. The first-order valence-electron chi connectivity index (χ1n) is 14.4. The van der Waals surface area contributed by atoms with Gasteiger partial charge in [0.2, 0.25) is 5.88 Å². The van der Waals surface area contributed by atoms with Gasteiger partial charge in [-0.3, -0.25) is 4.90 Å². The SMILES string of the molecule is COC/C=C/c1cc(C(c2ccc(Cl)cc2)c2ccc(Cl)cc2)cc2c(NC3CCN(CC(F)(F)F)CC3)cc(OC)nc12. The first-order chi connectivity index (χ1) is 21.1. The van der Waals surface area contributed by atoms with Gasteiger partial charge < -0.3 is 14.8 Å². The molecule has 5 nitrogen and oxygen atoms in total. The Balaban J connectivity index is 1.62. The molecule has 0 spiro atoms. The standard InChI is InChI=1S/C34H34Cl2F3N3O2/c1-43-17-3-4-24-18-25(32(22-5-9-26(35)10-6-22)23-7-11-27(36)12-8-23)19-29-30(20-31(44-2)41-33(24)29)40-28-13-15-42(16-14-28)21-34(37,38)39/h3-12,18-20,28,32H,13-17,21H2,1-2H3,(H,40,41)/b4-3+. The number of aromatic nitrogens is 1. The van der Waals surface area contributed by atoms with E-state index in [1.807, 2.05) is 66.7 Å². The Morgan fingerprint density at radius 2 is 1.55 bits per heavy atom. The normalized spacial score (nSPS) is 15.0. The van der Waals surface area contributed by atoms with Crippen LogP contribution in [0, 0.1) is 0 Å². The van der Waals surface area contributed by atoms with Crippen LogP contribution in [0.1, 0.15) is 41.0 Å². The molecular weight excluding hydrogens is 610 g/mol. The second kappa shape index (κ2) is 14.2. The molecule has 5 rings (SSSR count). The van der Waals surface area contributed by atoms with Crippen molar-refractivity contribution in [3.63, 3.8) is 0 Å². The number of anilines is 1. The van der Waals surface area contributed by atoms with E-state index in [1.54, 1.807) is 14.2 Å². The van der Waals surface area contributed by atoms with Gasteiger partial charge in [0.15, 0.2) is 0 Å². The molecule has 1 aliphatic rings. The maximum Gasteiger partial charge on any atom is 0.401 e. The molecule has 10 heteroatoms. The lowest BCUT2D eigenvalue weighted by molar-refractivity contribution is -0.147. The maximum atomic E-state index is 13.0. The summed E-state index contributed by atoms with van der Waals surface area (Å²) in [6.45, 7) is 0.268. The van der Waals surface area contributed by atoms with Crippen LogP contribution < -0.4 is 10.1 Å². The van der Waals surface area contributed by atoms with Crippen LogP contribution in [0.2, 0.25) is 10.0 Å². The van der Waals surface area contributed by atoms with E-state index in [1.165, 1.54) is 4.90 Å². The quantitative estimate of drug-likeness (QED) is 0.175. The number of ether oxygens (including phenoxy) is 2. The minimum atomic E-state index is -4.21. The zero-order valence-corrected chi connectivity index (χ0v) is 26.0. The third-order valence-electron chi connectivity index (χ3n) is 7.80. The van der Waals surface area contributed by atoms with E-state index in [4.69, 9.17) is 37.7 Å². The van der Waals surface area contributed by atoms with E-state index in [0.29, 0.717) is 48.5 Å². The van der Waals surface area contributed by atoms with E-state index in [2.05, 4.69) is 17.4 Å². The van der Waals surface area contributed by atoms with Gasteiger partial charge in [0.05, 0.1) is 25.8 Å². The Labute approximate surface area is 265 Å². The van der Waals surface area contributed by atoms with Crippen LogP contribution >= 0.6 is 23.2 Å². The van der Waals surface area contributed by atoms with Crippen molar-refractivity contribution >= 4 is 45.9 Å². The number of likely N-dealkylation sites (tertiary alicyclic amines) is 1. The maximum absolute atomic E-state index is 13.0. The molecule has 232 valence electrons. The zero-order chi connectivity index (χ0) is 31.3. The second-order valence-corrected chi connectivity index (χ2v) is 11.8. The van der Waals surface area contributed by atoms with Gasteiger partial charge in [0.25, 0.3) is 0 Å². The first-order valence-corrected chi connectivity index (χ1v) is 15.1. The number of nitrogens with one attached hydrogen (secondary N) is 1. The second-order valence-electron chi connectivity index (χ2n) is 10.9. The number of benzene rings is 3. The number of pyridine rings is 1. The fraction of sp³-hybridized carbons (Fsp3) is 0.324. The van der Waals surface area contributed by atoms with Crippen molar-refractivity contribution in [2.24, 2.45) is 0 Å². The molecule has 4 aromatic rings. The highest BCUT2D eigenvalue weighted by molar-refractivity contribution is 6.30. The number of piperidine rings is 1. The third kappa shape index (κ3) is 8.04. The molecule has 0 saturated carbocycles. The number of alkyl halides is 3. The summed E-state index contributed by atoms with van der Waals surface area (Å²) in [4.78, 5) is 6.29. The molecule has 0 unspecified atom stereocenters. The van der Waals surface area contributed by atoms with Crippen molar-refractivity contribution in [1.29, 1.82) is 0 Å². The van der Waals surface area contributed by atoms with Crippen molar-refractivity contribution in [2.75, 3.05) is 45.8 Å². The van der Waals surface area contributed by atoms with E-state index < -0.39 is 12.7 Å². The van der Waals surface area contributed by atoms with Crippen LogP contribution in [-0.2, 0) is 4.74 Å². The zero-order valence-electron chi connectivity index (χ0n) is 24.5. The average molecular weight is 645 g/mol. The summed E-state index contributed by atoms with van der Waals surface area (Å²) in [5.41, 5.74) is 5.56. The molecule has 0 amide bonds. The highest BCUT2D eigenvalue weighted by Crippen LogP contribution is 2.39. The number of halogens is 5. The molecule has 0 radical (unpaired) electrons. The predicted octanol–water partition coefficient (Wildman–Crippen LogP) is 8.83. The van der Waals surface area contributed by atoms with Crippen LogP contribution in [-0.4, -0.2) is 62.6 Å². The molecule has 1 aromatic heterocycles. The minimum Gasteiger partial charge on any atom is -0.481 e. The average Bonchev–Trinajstić information content (AvgIpc) is 2.99. The Bertz CT molecular complexity index is 1540. The number of nitrogens with zero attached hydrogens (tertiary/aromatic N) is 2. The first kappa shape index (κ1) is 32.1. The fourth-order valence-corrected chi connectivity index (χ4v) is 5.99. The summed E-state index contributed by atoms with van der Waals surface area (Å²) >= 11 is 12.5. The summed E-state index contributed by atoms with van der Waals surface area (Å²) in [7, 11) is 3.21. The number of methoxy groups -OCH3 is 2. The van der Waals surface area contributed by atoms with E-state index in [0.717, 1.165) is 38.8 Å². The van der Waals surface area contributed by atoms with E-state index >= 15 is 0 Å². The van der Waals surface area contributed by atoms with Gasteiger partial charge in [0, 0.05) is 64.9 Å². The lowest BCUT2D eigenvalue weighted by atomic mass is 9.83. The van der Waals surface area contributed by atoms with Gasteiger partial charge in [-0.05, 0) is 65.9 Å². The monoisotopic (exact) mass is 643 g/mol. The van der Waals surface area contributed by atoms with Crippen molar-refractivity contribution in [1.82, 2.24) is 9.88 Å². The highest BCUT2D eigenvalue weighted by atomic mass is 35.5. The summed E-state index contributed by atoms with van der Waals surface area (Å²) in [5.74, 6) is 0.291. The van der Waals surface area contributed by atoms with Gasteiger partial charge in [-0.25, -0.2) is 4.98 Å². The number of rotatable bonds is 10. The Morgan fingerprint density at radius 1 is 0.932 bits per heavy atom. The molecule has 1 aliphatic heterocycles. The van der Waals surface area contributed by atoms with Gasteiger partial charge in [0.1, 0.15) is 0 Å². The fourth-order valence-electron chi connectivity index (χ4n) is 5.74. The summed E-state index contributed by atoms with van der Waals surface area (Å²) in [5, 5.41) is 5.80. The lowest BCUT2D eigenvalue weighted by Crippen LogP contribution is -2.43. The number of fused-ring (bicyclic) bond motifs is 1. The molecule has 0 atom stereocenters. The van der Waals surface area contributed by atoms with Crippen LogP contribution in [0.25, 0.3) is 17.0 Å². The Kier molecular flexibility index (Phi) is 10.4. The molecule has 1 saturated heterocycles. The molecule has 2 heterocycles. The smallest absolute Gasteiger partial charge is 0.401 e. The largest absolute Gasteiger partial charge is 0.481 e. The van der Waals surface area contributed by atoms with Crippen LogP contribution in [0.5, 0.6) is 5.88 Å². The molecule has 1 fully saturated rings. The molecular formula is C34H34Cl2F3N3O2. The molecule has 1 N–H and O–H groups in total. The summed E-state index contributed by atoms with van der Waals surface area (Å²) in [6.07, 6.45) is 0.884.